The summed E-state index contributed by atoms with van der Waals surface area (Å²) in [6, 6.07) is 12.4. The maximum absolute atomic E-state index is 13.2. The number of rotatable bonds is 13. The van der Waals surface area contributed by atoms with Crippen molar-refractivity contribution in [3.05, 3.63) is 60.2 Å². The number of carboxylic acid groups (broad SMARTS) is 1. The molecule has 2 aromatic carbocycles. The number of amides is 3. The van der Waals surface area contributed by atoms with Gasteiger partial charge in [0.1, 0.15) is 30.0 Å². The molecule has 12 heteroatoms. The predicted molar refractivity (Wildman–Crippen MR) is 144 cm³/mol. The van der Waals surface area contributed by atoms with E-state index in [0.717, 1.165) is 0 Å². The standard InChI is InChI=1S/C28H35N3O9/c1-28(2,3)40-24(34)16-22(31-27(37)39-17-18-8-6-5-7-9-18)26(36)30-21(14-15-23(32)33)25(35)29-19-10-12-20(38-4)13-11-19/h5-13,21-22H,14-17H2,1-4H3,(H,29,35)(H,30,36)(H,31,37)(H,32,33)/t21-,22-/m0/s1. The molecule has 216 valence electrons. The molecule has 0 fully saturated rings. The van der Waals surface area contributed by atoms with E-state index >= 15 is 0 Å². The van der Waals surface area contributed by atoms with E-state index in [1.807, 2.05) is 0 Å². The molecule has 0 heterocycles. The highest BCUT2D eigenvalue weighted by atomic mass is 16.6. The number of methoxy groups -OCH3 is 1. The molecule has 12 nitrogen and oxygen atoms in total. The molecule has 0 unspecified atom stereocenters. The lowest BCUT2D eigenvalue weighted by Crippen LogP contribution is -2.53. The summed E-state index contributed by atoms with van der Waals surface area (Å²) in [5.41, 5.74) is 0.233. The van der Waals surface area contributed by atoms with Crippen LogP contribution in [0.1, 0.15) is 45.6 Å². The Hall–Kier alpha value is -4.61. The molecule has 0 aromatic heterocycles. The van der Waals surface area contributed by atoms with Crippen LogP contribution >= 0.6 is 0 Å². The lowest BCUT2D eigenvalue weighted by Gasteiger charge is -2.24. The first-order chi connectivity index (χ1) is 18.9. The molecule has 3 amide bonds. The SMILES string of the molecule is COc1ccc(NC(=O)[C@H](CCC(=O)O)NC(=O)[C@H](CC(=O)OC(C)(C)C)NC(=O)OCc2ccccc2)cc1. The van der Waals surface area contributed by atoms with Gasteiger partial charge in [-0.25, -0.2) is 4.79 Å². The van der Waals surface area contributed by atoms with E-state index in [0.29, 0.717) is 17.0 Å². The second-order valence-electron chi connectivity index (χ2n) is 9.76. The van der Waals surface area contributed by atoms with Crippen LogP contribution in [0.4, 0.5) is 10.5 Å². The van der Waals surface area contributed by atoms with Crippen LogP contribution in [0.25, 0.3) is 0 Å². The zero-order chi connectivity index (χ0) is 29.7. The topological polar surface area (TPSA) is 169 Å². The summed E-state index contributed by atoms with van der Waals surface area (Å²) in [6.45, 7) is 4.85. The fourth-order valence-corrected chi connectivity index (χ4v) is 3.38. The summed E-state index contributed by atoms with van der Waals surface area (Å²) in [7, 11) is 1.49. The van der Waals surface area contributed by atoms with Gasteiger partial charge in [-0.1, -0.05) is 30.3 Å². The van der Waals surface area contributed by atoms with Gasteiger partial charge in [0.15, 0.2) is 0 Å². The number of hydrogen-bond donors (Lipinski definition) is 4. The molecule has 0 aliphatic rings. The van der Waals surface area contributed by atoms with Crippen molar-refractivity contribution in [3.63, 3.8) is 0 Å². The van der Waals surface area contributed by atoms with Crippen LogP contribution in [0, 0.1) is 0 Å². The lowest BCUT2D eigenvalue weighted by molar-refractivity contribution is -0.156. The van der Waals surface area contributed by atoms with Gasteiger partial charge >= 0.3 is 18.0 Å². The molecule has 2 rings (SSSR count). The molecular weight excluding hydrogens is 522 g/mol. The minimum Gasteiger partial charge on any atom is -0.497 e. The minimum absolute atomic E-state index is 0.0844. The van der Waals surface area contributed by atoms with Gasteiger partial charge < -0.3 is 35.3 Å². The Balaban J connectivity index is 2.16. The molecule has 4 N–H and O–H groups in total. The summed E-state index contributed by atoms with van der Waals surface area (Å²) >= 11 is 0. The summed E-state index contributed by atoms with van der Waals surface area (Å²) in [5, 5.41) is 16.5. The number of alkyl carbamates (subject to hydrolysis) is 1. The third kappa shape index (κ3) is 11.8. The van der Waals surface area contributed by atoms with E-state index in [9.17, 15) is 24.0 Å². The number of esters is 1. The van der Waals surface area contributed by atoms with E-state index in [4.69, 9.17) is 19.3 Å². The maximum Gasteiger partial charge on any atom is 0.408 e. The maximum atomic E-state index is 13.2. The van der Waals surface area contributed by atoms with Crippen LogP contribution in [0.15, 0.2) is 54.6 Å². The summed E-state index contributed by atoms with van der Waals surface area (Å²) in [6.07, 6.45) is -2.21. The number of anilines is 1. The van der Waals surface area contributed by atoms with Crippen molar-refractivity contribution in [1.82, 2.24) is 10.6 Å². The summed E-state index contributed by atoms with van der Waals surface area (Å²) in [5.74, 6) is -2.99. The molecule has 0 aliphatic heterocycles. The zero-order valence-corrected chi connectivity index (χ0v) is 22.9. The molecule has 0 saturated heterocycles. The highest BCUT2D eigenvalue weighted by Crippen LogP contribution is 2.16. The Morgan fingerprint density at radius 1 is 0.875 bits per heavy atom. The van der Waals surface area contributed by atoms with E-state index in [-0.39, 0.29) is 13.0 Å². The van der Waals surface area contributed by atoms with Crippen molar-refractivity contribution < 1.29 is 43.3 Å². The molecule has 2 aromatic rings. The van der Waals surface area contributed by atoms with Gasteiger partial charge in [0.25, 0.3) is 0 Å². The van der Waals surface area contributed by atoms with Crippen LogP contribution in [-0.2, 0) is 35.3 Å². The van der Waals surface area contributed by atoms with Crippen LogP contribution in [0.5, 0.6) is 5.75 Å². The van der Waals surface area contributed by atoms with Crippen LogP contribution in [-0.4, -0.2) is 59.7 Å². The molecule has 2 atom stereocenters. The van der Waals surface area contributed by atoms with Gasteiger partial charge in [-0.15, -0.1) is 0 Å². The van der Waals surface area contributed by atoms with E-state index < -0.39 is 60.4 Å². The first-order valence-electron chi connectivity index (χ1n) is 12.5. The number of aliphatic carboxylic acids is 1. The van der Waals surface area contributed by atoms with Gasteiger partial charge in [-0.2, -0.15) is 0 Å². The van der Waals surface area contributed by atoms with Crippen molar-refractivity contribution in [3.8, 4) is 5.75 Å². The number of hydrogen-bond acceptors (Lipinski definition) is 8. The smallest absolute Gasteiger partial charge is 0.408 e. The van der Waals surface area contributed by atoms with Gasteiger partial charge in [0.05, 0.1) is 13.5 Å². The first kappa shape index (κ1) is 31.6. The molecular formula is C28H35N3O9. The largest absolute Gasteiger partial charge is 0.497 e. The second kappa shape index (κ2) is 15.1. The Bertz CT molecular complexity index is 1160. The van der Waals surface area contributed by atoms with E-state index in [1.165, 1.54) is 7.11 Å². The highest BCUT2D eigenvalue weighted by Gasteiger charge is 2.31. The third-order valence-corrected chi connectivity index (χ3v) is 5.25. The van der Waals surface area contributed by atoms with Gasteiger partial charge in [0.2, 0.25) is 11.8 Å². The van der Waals surface area contributed by atoms with Gasteiger partial charge in [-0.05, 0) is 57.0 Å². The second-order valence-corrected chi connectivity index (χ2v) is 9.76. The third-order valence-electron chi connectivity index (χ3n) is 5.25. The van der Waals surface area contributed by atoms with Crippen molar-refractivity contribution in [2.75, 3.05) is 12.4 Å². The van der Waals surface area contributed by atoms with Crippen molar-refractivity contribution in [1.29, 1.82) is 0 Å². The highest BCUT2D eigenvalue weighted by molar-refractivity contribution is 5.99. The fraction of sp³-hybridized carbons (Fsp3) is 0.393. The Morgan fingerprint density at radius 3 is 2.10 bits per heavy atom. The Kier molecular flexibility index (Phi) is 11.9. The number of nitrogens with one attached hydrogen (secondary N) is 3. The normalized spacial score (nSPS) is 12.3. The zero-order valence-electron chi connectivity index (χ0n) is 22.9. The molecule has 0 saturated carbocycles. The predicted octanol–water partition coefficient (Wildman–Crippen LogP) is 3.01. The summed E-state index contributed by atoms with van der Waals surface area (Å²) < 4.78 is 15.5. The van der Waals surface area contributed by atoms with Gasteiger partial charge in [0, 0.05) is 12.1 Å². The molecule has 0 radical (unpaired) electrons. The average Bonchev–Trinajstić information content (AvgIpc) is 2.89. The van der Waals surface area contributed by atoms with Crippen molar-refractivity contribution >= 4 is 35.5 Å². The van der Waals surface area contributed by atoms with E-state index in [1.54, 1.807) is 75.4 Å². The van der Waals surface area contributed by atoms with E-state index in [2.05, 4.69) is 16.0 Å². The number of carbonyl (C=O) groups is 5. The quantitative estimate of drug-likeness (QED) is 0.270. The number of carboxylic acids is 1. The van der Waals surface area contributed by atoms with Crippen molar-refractivity contribution in [2.24, 2.45) is 0 Å². The van der Waals surface area contributed by atoms with Crippen LogP contribution in [0.3, 0.4) is 0 Å². The minimum atomic E-state index is -1.47. The lowest BCUT2D eigenvalue weighted by atomic mass is 10.1. The number of carbonyl (C=O) groups excluding carboxylic acids is 4. The van der Waals surface area contributed by atoms with Crippen LogP contribution < -0.4 is 20.7 Å². The fourth-order valence-electron chi connectivity index (χ4n) is 3.38. The average molecular weight is 558 g/mol. The summed E-state index contributed by atoms with van der Waals surface area (Å²) in [4.78, 5) is 62.4. The Morgan fingerprint density at radius 2 is 1.52 bits per heavy atom. The number of ether oxygens (including phenoxy) is 3. The van der Waals surface area contributed by atoms with Crippen LogP contribution in [0.2, 0.25) is 0 Å². The number of benzene rings is 2. The Labute approximate surface area is 232 Å². The molecule has 0 spiro atoms. The van der Waals surface area contributed by atoms with Gasteiger partial charge in [-0.3, -0.25) is 19.2 Å². The van der Waals surface area contributed by atoms with Crippen molar-refractivity contribution in [2.45, 2.75) is 64.3 Å². The molecule has 0 aliphatic carbocycles. The monoisotopic (exact) mass is 557 g/mol. The molecule has 0 bridgehead atoms. The molecule has 40 heavy (non-hydrogen) atoms. The first-order valence-corrected chi connectivity index (χ1v) is 12.5.